The summed E-state index contributed by atoms with van der Waals surface area (Å²) < 4.78 is 12.4. The van der Waals surface area contributed by atoms with E-state index in [1.54, 1.807) is 13.0 Å². The van der Waals surface area contributed by atoms with E-state index in [2.05, 4.69) is 4.98 Å². The van der Waals surface area contributed by atoms with E-state index in [0.29, 0.717) is 6.42 Å². The van der Waals surface area contributed by atoms with Gasteiger partial charge in [-0.2, -0.15) is 4.39 Å². The Hall–Kier alpha value is -1.45. The van der Waals surface area contributed by atoms with E-state index in [1.807, 2.05) is 0 Å². The SMILES string of the molecule is CC(Cc1ccc(F)nc1)C(=O)O. The molecule has 0 aliphatic rings. The average Bonchev–Trinajstić information content (AvgIpc) is 2.08. The van der Waals surface area contributed by atoms with Crippen molar-refractivity contribution in [3.05, 3.63) is 29.8 Å². The summed E-state index contributed by atoms with van der Waals surface area (Å²) in [5.41, 5.74) is 0.733. The maximum absolute atomic E-state index is 12.4. The summed E-state index contributed by atoms with van der Waals surface area (Å²) in [6.45, 7) is 1.60. The lowest BCUT2D eigenvalue weighted by Crippen LogP contribution is -2.12. The maximum Gasteiger partial charge on any atom is 0.306 e. The Morgan fingerprint density at radius 3 is 2.85 bits per heavy atom. The molecule has 1 aromatic heterocycles. The molecule has 1 aromatic rings. The van der Waals surface area contributed by atoms with Gasteiger partial charge in [0.05, 0.1) is 5.92 Å². The molecule has 0 radical (unpaired) electrons. The molecule has 0 saturated carbocycles. The molecule has 0 aliphatic carbocycles. The molecule has 0 bridgehead atoms. The first kappa shape index (κ1) is 9.64. The number of hydrogen-bond acceptors (Lipinski definition) is 2. The molecule has 3 nitrogen and oxygen atoms in total. The van der Waals surface area contributed by atoms with Gasteiger partial charge < -0.3 is 5.11 Å². The van der Waals surface area contributed by atoms with Crippen LogP contribution in [0.5, 0.6) is 0 Å². The van der Waals surface area contributed by atoms with Gasteiger partial charge in [-0.05, 0) is 18.1 Å². The molecular formula is C9H10FNO2. The van der Waals surface area contributed by atoms with Crippen LogP contribution in [-0.2, 0) is 11.2 Å². The van der Waals surface area contributed by atoms with Crippen molar-refractivity contribution in [1.82, 2.24) is 4.98 Å². The summed E-state index contributed by atoms with van der Waals surface area (Å²) in [7, 11) is 0. The predicted molar refractivity (Wildman–Crippen MR) is 44.7 cm³/mol. The van der Waals surface area contributed by atoms with Crippen LogP contribution in [0.25, 0.3) is 0 Å². The van der Waals surface area contributed by atoms with E-state index >= 15 is 0 Å². The molecular weight excluding hydrogens is 173 g/mol. The third-order valence-electron chi connectivity index (χ3n) is 1.75. The van der Waals surface area contributed by atoms with Crippen LogP contribution < -0.4 is 0 Å². The number of carboxylic acids is 1. The van der Waals surface area contributed by atoms with Gasteiger partial charge in [-0.1, -0.05) is 13.0 Å². The first-order valence-electron chi connectivity index (χ1n) is 3.93. The average molecular weight is 183 g/mol. The Bertz CT molecular complexity index is 297. The Morgan fingerprint density at radius 1 is 1.69 bits per heavy atom. The van der Waals surface area contributed by atoms with Crippen LogP contribution in [0.1, 0.15) is 12.5 Å². The van der Waals surface area contributed by atoms with E-state index < -0.39 is 17.8 Å². The molecule has 1 heterocycles. The van der Waals surface area contributed by atoms with Crippen molar-refractivity contribution in [3.63, 3.8) is 0 Å². The second-order valence-electron chi connectivity index (χ2n) is 2.93. The van der Waals surface area contributed by atoms with Crippen LogP contribution in [0.3, 0.4) is 0 Å². The summed E-state index contributed by atoms with van der Waals surface area (Å²) in [5, 5.41) is 8.60. The number of hydrogen-bond donors (Lipinski definition) is 1. The molecule has 1 unspecified atom stereocenters. The normalized spacial score (nSPS) is 12.5. The molecule has 0 amide bonds. The van der Waals surface area contributed by atoms with Gasteiger partial charge in [-0.25, -0.2) is 4.98 Å². The molecule has 1 rings (SSSR count). The predicted octanol–water partition coefficient (Wildman–Crippen LogP) is 1.48. The zero-order chi connectivity index (χ0) is 9.84. The number of pyridine rings is 1. The minimum absolute atomic E-state index is 0.378. The lowest BCUT2D eigenvalue weighted by atomic mass is 10.0. The Kier molecular flexibility index (Phi) is 2.95. The number of nitrogens with zero attached hydrogens (tertiary/aromatic N) is 1. The first-order valence-corrected chi connectivity index (χ1v) is 3.93. The van der Waals surface area contributed by atoms with Crippen LogP contribution in [0.15, 0.2) is 18.3 Å². The van der Waals surface area contributed by atoms with E-state index in [9.17, 15) is 9.18 Å². The second-order valence-corrected chi connectivity index (χ2v) is 2.93. The number of aromatic nitrogens is 1. The number of aliphatic carboxylic acids is 1. The monoisotopic (exact) mass is 183 g/mol. The molecule has 0 saturated heterocycles. The van der Waals surface area contributed by atoms with Crippen molar-refractivity contribution in [2.24, 2.45) is 5.92 Å². The van der Waals surface area contributed by atoms with Crippen molar-refractivity contribution < 1.29 is 14.3 Å². The Morgan fingerprint density at radius 2 is 2.38 bits per heavy atom. The van der Waals surface area contributed by atoms with Crippen LogP contribution in [0.2, 0.25) is 0 Å². The number of rotatable bonds is 3. The van der Waals surface area contributed by atoms with Gasteiger partial charge in [0.1, 0.15) is 0 Å². The summed E-state index contributed by atoms with van der Waals surface area (Å²) in [6.07, 6.45) is 1.73. The topological polar surface area (TPSA) is 50.2 Å². The number of halogens is 1. The fourth-order valence-electron chi connectivity index (χ4n) is 0.968. The zero-order valence-corrected chi connectivity index (χ0v) is 7.20. The van der Waals surface area contributed by atoms with Crippen LogP contribution in [-0.4, -0.2) is 16.1 Å². The highest BCUT2D eigenvalue weighted by Gasteiger charge is 2.11. The minimum Gasteiger partial charge on any atom is -0.481 e. The van der Waals surface area contributed by atoms with Gasteiger partial charge in [-0.3, -0.25) is 4.79 Å². The maximum atomic E-state index is 12.4. The molecule has 13 heavy (non-hydrogen) atoms. The minimum atomic E-state index is -0.857. The molecule has 1 atom stereocenters. The molecule has 70 valence electrons. The summed E-state index contributed by atoms with van der Waals surface area (Å²) in [5.74, 6) is -1.87. The number of carboxylic acid groups (broad SMARTS) is 1. The molecule has 0 fully saturated rings. The second kappa shape index (κ2) is 3.98. The molecule has 0 aliphatic heterocycles. The summed E-state index contributed by atoms with van der Waals surface area (Å²) in [4.78, 5) is 13.9. The summed E-state index contributed by atoms with van der Waals surface area (Å²) >= 11 is 0. The lowest BCUT2D eigenvalue weighted by molar-refractivity contribution is -0.141. The third-order valence-corrected chi connectivity index (χ3v) is 1.75. The van der Waals surface area contributed by atoms with E-state index in [1.165, 1.54) is 12.3 Å². The lowest BCUT2D eigenvalue weighted by Gasteiger charge is -2.04. The van der Waals surface area contributed by atoms with Gasteiger partial charge in [0.2, 0.25) is 5.95 Å². The van der Waals surface area contributed by atoms with Crippen molar-refractivity contribution in [2.75, 3.05) is 0 Å². The quantitative estimate of drug-likeness (QED) is 0.722. The van der Waals surface area contributed by atoms with Crippen LogP contribution in [0, 0.1) is 11.9 Å². The third kappa shape index (κ3) is 2.82. The van der Waals surface area contributed by atoms with E-state index in [-0.39, 0.29) is 0 Å². The number of carbonyl (C=O) groups is 1. The Labute approximate surface area is 75.2 Å². The Balaban J connectivity index is 2.64. The molecule has 4 heteroatoms. The van der Waals surface area contributed by atoms with Crippen molar-refractivity contribution >= 4 is 5.97 Å². The van der Waals surface area contributed by atoms with Crippen molar-refractivity contribution in [3.8, 4) is 0 Å². The zero-order valence-electron chi connectivity index (χ0n) is 7.20. The van der Waals surface area contributed by atoms with Crippen molar-refractivity contribution in [1.29, 1.82) is 0 Å². The molecule has 0 spiro atoms. The highest BCUT2D eigenvalue weighted by molar-refractivity contribution is 5.69. The van der Waals surface area contributed by atoms with Crippen LogP contribution in [0.4, 0.5) is 4.39 Å². The van der Waals surface area contributed by atoms with Gasteiger partial charge in [0, 0.05) is 6.20 Å². The van der Waals surface area contributed by atoms with Gasteiger partial charge >= 0.3 is 5.97 Å². The van der Waals surface area contributed by atoms with Gasteiger partial charge in [-0.15, -0.1) is 0 Å². The van der Waals surface area contributed by atoms with Crippen molar-refractivity contribution in [2.45, 2.75) is 13.3 Å². The van der Waals surface area contributed by atoms with Gasteiger partial charge in [0.25, 0.3) is 0 Å². The fourth-order valence-corrected chi connectivity index (χ4v) is 0.968. The smallest absolute Gasteiger partial charge is 0.306 e. The standard InChI is InChI=1S/C9H10FNO2/c1-6(9(12)13)4-7-2-3-8(10)11-5-7/h2-3,5-6H,4H2,1H3,(H,12,13). The van der Waals surface area contributed by atoms with E-state index in [4.69, 9.17) is 5.11 Å². The highest BCUT2D eigenvalue weighted by Crippen LogP contribution is 2.07. The fraction of sp³-hybridized carbons (Fsp3) is 0.333. The molecule has 1 N–H and O–H groups in total. The van der Waals surface area contributed by atoms with E-state index in [0.717, 1.165) is 5.56 Å². The largest absolute Gasteiger partial charge is 0.481 e. The van der Waals surface area contributed by atoms with Gasteiger partial charge in [0.15, 0.2) is 0 Å². The molecule has 0 aromatic carbocycles. The highest BCUT2D eigenvalue weighted by atomic mass is 19.1. The summed E-state index contributed by atoms with van der Waals surface area (Å²) in [6, 6.07) is 2.77. The van der Waals surface area contributed by atoms with Crippen LogP contribution >= 0.6 is 0 Å². The first-order chi connectivity index (χ1) is 6.09.